The van der Waals surface area contributed by atoms with Crippen molar-refractivity contribution in [3.05, 3.63) is 34.7 Å². The Balaban J connectivity index is 2.28. The molecule has 1 aromatic carbocycles. The Kier molecular flexibility index (Phi) is 4.14. The third-order valence-corrected chi connectivity index (χ3v) is 3.55. The van der Waals surface area contributed by atoms with Gasteiger partial charge in [0.15, 0.2) is 0 Å². The van der Waals surface area contributed by atoms with Gasteiger partial charge in [-0.3, -0.25) is 4.79 Å². The number of ether oxygens (including phenoxy) is 2. The Labute approximate surface area is 120 Å². The summed E-state index contributed by atoms with van der Waals surface area (Å²) in [5.74, 6) is -0.451. The summed E-state index contributed by atoms with van der Waals surface area (Å²) in [5, 5.41) is 0.732. The van der Waals surface area contributed by atoms with Gasteiger partial charge in [-0.15, -0.1) is 11.3 Å². The summed E-state index contributed by atoms with van der Waals surface area (Å²) in [6, 6.07) is 6.90. The van der Waals surface area contributed by atoms with Crippen LogP contribution in [0.5, 0.6) is 5.88 Å². The maximum atomic E-state index is 11.3. The average Bonchev–Trinajstić information content (AvgIpc) is 2.79. The van der Waals surface area contributed by atoms with Crippen molar-refractivity contribution in [1.82, 2.24) is 4.98 Å². The lowest BCUT2D eigenvalue weighted by atomic mass is 10.1. The third kappa shape index (κ3) is 3.03. The number of aromatic nitrogens is 1. The van der Waals surface area contributed by atoms with E-state index in [0.717, 1.165) is 15.4 Å². The van der Waals surface area contributed by atoms with E-state index in [4.69, 9.17) is 4.74 Å². The van der Waals surface area contributed by atoms with Gasteiger partial charge in [0.25, 0.3) is 0 Å². The molecule has 0 amide bonds. The number of carbonyl (C=O) groups is 2. The normalized spacial score (nSPS) is 10.2. The van der Waals surface area contributed by atoms with E-state index in [9.17, 15) is 9.59 Å². The maximum Gasteiger partial charge on any atom is 0.337 e. The Morgan fingerprint density at radius 1 is 1.20 bits per heavy atom. The van der Waals surface area contributed by atoms with Crippen LogP contribution in [0.25, 0.3) is 10.6 Å². The number of benzene rings is 1. The summed E-state index contributed by atoms with van der Waals surface area (Å²) in [7, 11) is 1.34. The molecule has 2 aromatic rings. The van der Waals surface area contributed by atoms with E-state index in [1.165, 1.54) is 25.4 Å². The Morgan fingerprint density at radius 2 is 1.85 bits per heavy atom. The van der Waals surface area contributed by atoms with E-state index in [1.807, 2.05) is 6.92 Å². The number of methoxy groups -OCH3 is 1. The van der Waals surface area contributed by atoms with Crippen molar-refractivity contribution in [3.8, 4) is 16.5 Å². The van der Waals surface area contributed by atoms with Gasteiger partial charge in [-0.1, -0.05) is 12.1 Å². The van der Waals surface area contributed by atoms with Crippen molar-refractivity contribution in [2.24, 2.45) is 0 Å². The SMILES string of the molecule is COC(=O)c1ccc(-c2nc(OC(C)=O)c(C)s2)cc1. The summed E-state index contributed by atoms with van der Waals surface area (Å²) in [4.78, 5) is 27.4. The molecule has 0 saturated carbocycles. The van der Waals surface area contributed by atoms with Gasteiger partial charge in [0.2, 0.25) is 5.88 Å². The second kappa shape index (κ2) is 5.83. The van der Waals surface area contributed by atoms with Gasteiger partial charge in [0, 0.05) is 12.5 Å². The largest absolute Gasteiger partial charge is 0.465 e. The molecule has 0 aliphatic carbocycles. The molecule has 1 heterocycles. The monoisotopic (exact) mass is 291 g/mol. The zero-order valence-electron chi connectivity index (χ0n) is 11.3. The molecule has 0 atom stereocenters. The number of hydrogen-bond acceptors (Lipinski definition) is 6. The molecule has 0 N–H and O–H groups in total. The van der Waals surface area contributed by atoms with Crippen LogP contribution in [0.3, 0.4) is 0 Å². The molecule has 104 valence electrons. The Hall–Kier alpha value is -2.21. The van der Waals surface area contributed by atoms with Crippen LogP contribution in [-0.2, 0) is 9.53 Å². The smallest absolute Gasteiger partial charge is 0.337 e. The van der Waals surface area contributed by atoms with Gasteiger partial charge in [-0.2, -0.15) is 0 Å². The molecule has 2 rings (SSSR count). The third-order valence-electron chi connectivity index (χ3n) is 2.55. The van der Waals surface area contributed by atoms with Crippen molar-refractivity contribution in [3.63, 3.8) is 0 Å². The predicted octanol–water partition coefficient (Wildman–Crippen LogP) is 2.83. The molecule has 0 spiro atoms. The molecular weight excluding hydrogens is 278 g/mol. The maximum absolute atomic E-state index is 11.3. The van der Waals surface area contributed by atoms with Crippen molar-refractivity contribution in [2.45, 2.75) is 13.8 Å². The Morgan fingerprint density at radius 3 is 2.40 bits per heavy atom. The fraction of sp³-hybridized carbons (Fsp3) is 0.214. The number of nitrogens with zero attached hydrogens (tertiary/aromatic N) is 1. The minimum Gasteiger partial charge on any atom is -0.465 e. The van der Waals surface area contributed by atoms with Crippen LogP contribution in [0.1, 0.15) is 22.2 Å². The molecule has 20 heavy (non-hydrogen) atoms. The molecule has 0 saturated heterocycles. The zero-order chi connectivity index (χ0) is 14.7. The second-order valence-electron chi connectivity index (χ2n) is 4.04. The van der Waals surface area contributed by atoms with Crippen molar-refractivity contribution >= 4 is 23.3 Å². The average molecular weight is 291 g/mol. The minimum absolute atomic E-state index is 0.328. The van der Waals surface area contributed by atoms with Crippen LogP contribution >= 0.6 is 11.3 Å². The topological polar surface area (TPSA) is 65.5 Å². The highest BCUT2D eigenvalue weighted by Crippen LogP contribution is 2.32. The molecule has 0 fully saturated rings. The van der Waals surface area contributed by atoms with E-state index in [-0.39, 0.29) is 5.97 Å². The summed E-state index contributed by atoms with van der Waals surface area (Å²) in [6.07, 6.45) is 0. The fourth-order valence-electron chi connectivity index (χ4n) is 1.60. The van der Waals surface area contributed by atoms with Crippen LogP contribution < -0.4 is 4.74 Å². The molecule has 0 aliphatic rings. The lowest BCUT2D eigenvalue weighted by Crippen LogP contribution is -2.02. The van der Waals surface area contributed by atoms with Gasteiger partial charge >= 0.3 is 11.9 Å². The first-order valence-electron chi connectivity index (χ1n) is 5.86. The van der Waals surface area contributed by atoms with E-state index in [2.05, 4.69) is 9.72 Å². The molecular formula is C14H13NO4S. The highest BCUT2D eigenvalue weighted by atomic mass is 32.1. The summed E-state index contributed by atoms with van der Waals surface area (Å²) in [6.45, 7) is 3.17. The van der Waals surface area contributed by atoms with Crippen molar-refractivity contribution in [2.75, 3.05) is 7.11 Å². The number of rotatable bonds is 3. The molecule has 0 radical (unpaired) electrons. The zero-order valence-corrected chi connectivity index (χ0v) is 12.1. The molecule has 5 nitrogen and oxygen atoms in total. The van der Waals surface area contributed by atoms with Crippen LogP contribution in [-0.4, -0.2) is 24.0 Å². The van der Waals surface area contributed by atoms with Gasteiger partial charge in [-0.25, -0.2) is 9.78 Å². The minimum atomic E-state index is -0.397. The predicted molar refractivity (Wildman–Crippen MR) is 74.9 cm³/mol. The van der Waals surface area contributed by atoms with Gasteiger partial charge in [-0.05, 0) is 19.1 Å². The first kappa shape index (κ1) is 14.2. The summed E-state index contributed by atoms with van der Waals surface area (Å²) in [5.41, 5.74) is 1.33. The van der Waals surface area contributed by atoms with Crippen LogP contribution in [0.4, 0.5) is 0 Å². The van der Waals surface area contributed by atoms with Gasteiger partial charge < -0.3 is 9.47 Å². The lowest BCUT2D eigenvalue weighted by molar-refractivity contribution is -0.132. The van der Waals surface area contributed by atoms with Crippen LogP contribution in [0, 0.1) is 6.92 Å². The number of thiazole rings is 1. The van der Waals surface area contributed by atoms with Crippen molar-refractivity contribution in [1.29, 1.82) is 0 Å². The molecule has 6 heteroatoms. The van der Waals surface area contributed by atoms with Gasteiger partial charge in [0.1, 0.15) is 5.01 Å². The van der Waals surface area contributed by atoms with E-state index >= 15 is 0 Å². The number of hydrogen-bond donors (Lipinski definition) is 0. The second-order valence-corrected chi connectivity index (χ2v) is 5.25. The highest BCUT2D eigenvalue weighted by Gasteiger charge is 2.13. The first-order valence-corrected chi connectivity index (χ1v) is 6.67. The lowest BCUT2D eigenvalue weighted by Gasteiger charge is -2.00. The van der Waals surface area contributed by atoms with Crippen LogP contribution in [0.15, 0.2) is 24.3 Å². The van der Waals surface area contributed by atoms with Crippen LogP contribution in [0.2, 0.25) is 0 Å². The fourth-order valence-corrected chi connectivity index (χ4v) is 2.45. The first-order chi connectivity index (χ1) is 9.51. The van der Waals surface area contributed by atoms with Crippen molar-refractivity contribution < 1.29 is 19.1 Å². The van der Waals surface area contributed by atoms with E-state index in [1.54, 1.807) is 24.3 Å². The molecule has 0 unspecified atom stereocenters. The number of carbonyl (C=O) groups excluding carboxylic acids is 2. The molecule has 0 bridgehead atoms. The summed E-state index contributed by atoms with van der Waals surface area (Å²) >= 11 is 1.42. The van der Waals surface area contributed by atoms with E-state index in [0.29, 0.717) is 11.4 Å². The van der Waals surface area contributed by atoms with Gasteiger partial charge in [0.05, 0.1) is 17.6 Å². The molecule has 1 aromatic heterocycles. The highest BCUT2D eigenvalue weighted by molar-refractivity contribution is 7.15. The Bertz CT molecular complexity index is 646. The van der Waals surface area contributed by atoms with E-state index < -0.39 is 5.97 Å². The summed E-state index contributed by atoms with van der Waals surface area (Å²) < 4.78 is 9.65. The number of aryl methyl sites for hydroxylation is 1. The molecule has 0 aliphatic heterocycles. The standard InChI is InChI=1S/C14H13NO4S/c1-8-12(19-9(2)16)15-13(20-8)10-4-6-11(7-5-10)14(17)18-3/h4-7H,1-3H3. The number of esters is 2. The quantitative estimate of drug-likeness (QED) is 0.814.